The average molecular weight is 484 g/mol. The van der Waals surface area contributed by atoms with Crippen LogP contribution in [0.3, 0.4) is 0 Å². The first-order valence-corrected chi connectivity index (χ1v) is 13.5. The number of allylic oxidation sites excluding steroid dienone is 6. The summed E-state index contributed by atoms with van der Waals surface area (Å²) >= 11 is 0. The Morgan fingerprint density at radius 2 is 1.91 bits per heavy atom. The Labute approximate surface area is 214 Å². The van der Waals surface area contributed by atoms with Crippen LogP contribution in [0.2, 0.25) is 0 Å². The number of likely N-dealkylation sites (N-methyl/N-ethyl adjacent to an activating group) is 3. The predicted molar refractivity (Wildman–Crippen MR) is 148 cm³/mol. The maximum atomic E-state index is 13.3. The highest BCUT2D eigenvalue weighted by atomic mass is 16.3. The summed E-state index contributed by atoms with van der Waals surface area (Å²) in [5, 5.41) is 11.0. The quantitative estimate of drug-likeness (QED) is 0.324. The topological polar surface area (TPSA) is 47.0 Å². The van der Waals surface area contributed by atoms with Crippen LogP contribution in [-0.4, -0.2) is 59.1 Å². The molecule has 0 spiro atoms. The summed E-state index contributed by atoms with van der Waals surface area (Å²) in [6, 6.07) is 0. The molecule has 0 aromatic heterocycles. The van der Waals surface area contributed by atoms with Crippen molar-refractivity contribution < 1.29 is 9.90 Å². The predicted octanol–water partition coefficient (Wildman–Crippen LogP) is 6.93. The van der Waals surface area contributed by atoms with Crippen LogP contribution < -0.4 is 0 Å². The summed E-state index contributed by atoms with van der Waals surface area (Å²) in [6.45, 7) is 16.0. The molecule has 2 aliphatic rings. The molecule has 5 heteroatoms. The number of hydrogen-bond donors (Lipinski definition) is 1. The number of carbonyl (C=O) groups excluding carboxylic acids is 1. The highest BCUT2D eigenvalue weighted by Crippen LogP contribution is 2.50. The highest BCUT2D eigenvalue weighted by molar-refractivity contribution is 5.94. The van der Waals surface area contributed by atoms with E-state index < -0.39 is 0 Å². The van der Waals surface area contributed by atoms with E-state index in [1.54, 1.807) is 11.9 Å². The van der Waals surface area contributed by atoms with Crippen molar-refractivity contribution in [2.45, 2.75) is 92.2 Å². The fraction of sp³-hybridized carbons (Fsp3) is 0.633. The molecule has 35 heavy (non-hydrogen) atoms. The first kappa shape index (κ1) is 28.8. The van der Waals surface area contributed by atoms with Gasteiger partial charge in [-0.15, -0.1) is 0 Å². The van der Waals surface area contributed by atoms with Crippen molar-refractivity contribution in [1.82, 2.24) is 14.7 Å². The zero-order valence-electron chi connectivity index (χ0n) is 23.4. The molecule has 1 unspecified atom stereocenters. The van der Waals surface area contributed by atoms with Crippen LogP contribution in [0, 0.1) is 5.41 Å². The second-order valence-electron chi connectivity index (χ2n) is 10.3. The molecule has 0 aromatic carbocycles. The van der Waals surface area contributed by atoms with Crippen LogP contribution >= 0.6 is 0 Å². The Kier molecular flexibility index (Phi) is 10.7. The van der Waals surface area contributed by atoms with Gasteiger partial charge >= 0.3 is 0 Å². The molecular formula is C30H49N3O2. The van der Waals surface area contributed by atoms with Gasteiger partial charge in [0.2, 0.25) is 0 Å². The van der Waals surface area contributed by atoms with Crippen LogP contribution in [0.4, 0.5) is 0 Å². The smallest absolute Gasteiger partial charge is 0.273 e. The summed E-state index contributed by atoms with van der Waals surface area (Å²) in [4.78, 5) is 19.1. The lowest BCUT2D eigenvalue weighted by atomic mass is 9.73. The highest BCUT2D eigenvalue weighted by Gasteiger charge is 2.45. The minimum atomic E-state index is -0.147. The van der Waals surface area contributed by atoms with Gasteiger partial charge in [-0.1, -0.05) is 62.6 Å². The Morgan fingerprint density at radius 3 is 2.46 bits per heavy atom. The summed E-state index contributed by atoms with van der Waals surface area (Å²) < 4.78 is 0. The van der Waals surface area contributed by atoms with E-state index in [1.165, 1.54) is 36.8 Å². The molecule has 5 nitrogen and oxygen atoms in total. The van der Waals surface area contributed by atoms with Crippen LogP contribution in [0.15, 0.2) is 59.2 Å². The normalized spacial score (nSPS) is 21.5. The SMILES string of the molecule is C=C1C(O)=C(C(=O)N(C)CC)N(CC)C(CC2(C(/C=C(\C)CCCC)=C/C=C\C)CCCC2)N1C. The van der Waals surface area contributed by atoms with Gasteiger partial charge in [0.1, 0.15) is 11.9 Å². The van der Waals surface area contributed by atoms with Crippen LogP contribution in [-0.2, 0) is 4.79 Å². The molecule has 1 atom stereocenters. The molecular weight excluding hydrogens is 434 g/mol. The Hall–Kier alpha value is -2.43. The average Bonchev–Trinajstić information content (AvgIpc) is 3.33. The van der Waals surface area contributed by atoms with E-state index in [9.17, 15) is 9.90 Å². The molecule has 1 N–H and O–H groups in total. The maximum Gasteiger partial charge on any atom is 0.273 e. The van der Waals surface area contributed by atoms with Crippen molar-refractivity contribution in [3.05, 3.63) is 59.2 Å². The van der Waals surface area contributed by atoms with Crippen molar-refractivity contribution in [2.75, 3.05) is 27.2 Å². The number of rotatable bonds is 11. The Bertz CT molecular complexity index is 874. The monoisotopic (exact) mass is 483 g/mol. The van der Waals surface area contributed by atoms with E-state index in [4.69, 9.17) is 0 Å². The first-order chi connectivity index (χ1) is 16.7. The summed E-state index contributed by atoms with van der Waals surface area (Å²) in [6.07, 6.45) is 18.1. The van der Waals surface area contributed by atoms with E-state index in [0.717, 1.165) is 25.7 Å². The van der Waals surface area contributed by atoms with Crippen molar-refractivity contribution in [3.63, 3.8) is 0 Å². The fourth-order valence-corrected chi connectivity index (χ4v) is 5.53. The minimum absolute atomic E-state index is 0.00337. The van der Waals surface area contributed by atoms with E-state index in [0.29, 0.717) is 24.5 Å². The zero-order chi connectivity index (χ0) is 26.2. The van der Waals surface area contributed by atoms with Gasteiger partial charge in [0.05, 0.1) is 5.70 Å². The second kappa shape index (κ2) is 13.0. The van der Waals surface area contributed by atoms with E-state index in [2.05, 4.69) is 68.4 Å². The molecule has 2 rings (SSSR count). The molecule has 1 heterocycles. The van der Waals surface area contributed by atoms with Gasteiger partial charge in [-0.05, 0) is 70.8 Å². The Balaban J connectivity index is 2.55. The van der Waals surface area contributed by atoms with Gasteiger partial charge in [-0.25, -0.2) is 0 Å². The first-order valence-electron chi connectivity index (χ1n) is 13.5. The summed E-state index contributed by atoms with van der Waals surface area (Å²) in [5.41, 5.74) is 3.76. The number of carbonyl (C=O) groups is 1. The van der Waals surface area contributed by atoms with Gasteiger partial charge in [-0.3, -0.25) is 4.79 Å². The molecule has 1 saturated carbocycles. The third-order valence-corrected chi connectivity index (χ3v) is 7.92. The summed E-state index contributed by atoms with van der Waals surface area (Å²) in [5.74, 6) is -0.150. The molecule has 1 aliphatic heterocycles. The van der Waals surface area contributed by atoms with Crippen molar-refractivity contribution in [2.24, 2.45) is 5.41 Å². The van der Waals surface area contributed by atoms with Crippen LogP contribution in [0.25, 0.3) is 0 Å². The number of hydrogen-bond acceptors (Lipinski definition) is 4. The fourth-order valence-electron chi connectivity index (χ4n) is 5.53. The lowest BCUT2D eigenvalue weighted by Crippen LogP contribution is -2.54. The molecule has 1 amide bonds. The van der Waals surface area contributed by atoms with Crippen LogP contribution in [0.5, 0.6) is 0 Å². The number of aliphatic hydroxyl groups excluding tert-OH is 1. The van der Waals surface area contributed by atoms with Gasteiger partial charge in [-0.2, -0.15) is 0 Å². The second-order valence-corrected chi connectivity index (χ2v) is 10.3. The Morgan fingerprint density at radius 1 is 1.26 bits per heavy atom. The molecule has 0 aromatic rings. The maximum absolute atomic E-state index is 13.3. The minimum Gasteiger partial charge on any atom is -0.504 e. The van der Waals surface area contributed by atoms with Gasteiger partial charge in [0.15, 0.2) is 5.76 Å². The van der Waals surface area contributed by atoms with Gasteiger partial charge in [0, 0.05) is 27.2 Å². The van der Waals surface area contributed by atoms with Crippen molar-refractivity contribution in [1.29, 1.82) is 0 Å². The third kappa shape index (κ3) is 6.42. The molecule has 196 valence electrons. The van der Waals surface area contributed by atoms with E-state index >= 15 is 0 Å². The van der Waals surface area contributed by atoms with Gasteiger partial charge in [0.25, 0.3) is 5.91 Å². The molecule has 1 fully saturated rings. The van der Waals surface area contributed by atoms with Crippen molar-refractivity contribution >= 4 is 5.91 Å². The van der Waals surface area contributed by atoms with E-state index in [-0.39, 0.29) is 23.2 Å². The number of unbranched alkanes of at least 4 members (excludes halogenated alkanes) is 1. The number of aliphatic hydroxyl groups is 1. The summed E-state index contributed by atoms with van der Waals surface area (Å²) in [7, 11) is 3.78. The lowest BCUT2D eigenvalue weighted by molar-refractivity contribution is -0.129. The largest absolute Gasteiger partial charge is 0.504 e. The van der Waals surface area contributed by atoms with Gasteiger partial charge < -0.3 is 19.8 Å². The lowest BCUT2D eigenvalue weighted by Gasteiger charge is -2.49. The third-order valence-electron chi connectivity index (χ3n) is 7.92. The molecule has 0 saturated heterocycles. The molecule has 0 radical (unpaired) electrons. The molecule has 0 bridgehead atoms. The van der Waals surface area contributed by atoms with E-state index in [1.807, 2.05) is 14.0 Å². The van der Waals surface area contributed by atoms with Crippen molar-refractivity contribution in [3.8, 4) is 0 Å². The standard InChI is InChI=1S/C30H49N3O2/c1-9-13-17-23(5)21-25(18-14-10-2)30(19-15-16-20-30)22-26-32(8)24(6)28(34)27(33(26)12-4)29(35)31(7)11-3/h10,14,18,21,26,34H,6,9,11-13,15-17,19-20,22H2,1-5,7-8H3/b14-10-,23-21+,25-18+. The number of amides is 1. The number of nitrogens with zero attached hydrogens (tertiary/aromatic N) is 3. The molecule has 1 aliphatic carbocycles. The zero-order valence-corrected chi connectivity index (χ0v) is 23.4. The van der Waals surface area contributed by atoms with Crippen LogP contribution in [0.1, 0.15) is 86.0 Å².